The average Bonchev–Trinajstić information content (AvgIpc) is 2.63. The van der Waals surface area contributed by atoms with Gasteiger partial charge in [0.25, 0.3) is 0 Å². The van der Waals surface area contributed by atoms with E-state index in [1.54, 1.807) is 0 Å². The van der Waals surface area contributed by atoms with Crippen molar-refractivity contribution in [3.63, 3.8) is 0 Å². The van der Waals surface area contributed by atoms with Gasteiger partial charge < -0.3 is 4.74 Å². The second-order valence-corrected chi connectivity index (χ2v) is 7.95. The van der Waals surface area contributed by atoms with Crippen LogP contribution in [0.2, 0.25) is 0 Å². The molecule has 0 N–H and O–H groups in total. The van der Waals surface area contributed by atoms with Crippen LogP contribution in [0.25, 0.3) is 0 Å². The molecule has 0 aliphatic heterocycles. The van der Waals surface area contributed by atoms with E-state index in [4.69, 9.17) is 4.74 Å². The van der Waals surface area contributed by atoms with Gasteiger partial charge in [0, 0.05) is 5.57 Å². The second kappa shape index (κ2) is 19.0. The van der Waals surface area contributed by atoms with Gasteiger partial charge in [-0.2, -0.15) is 0 Å². The van der Waals surface area contributed by atoms with Crippen LogP contribution >= 0.6 is 0 Å². The minimum absolute atomic E-state index is 0.0217. The fourth-order valence-corrected chi connectivity index (χ4v) is 3.29. The van der Waals surface area contributed by atoms with E-state index < -0.39 is 0 Å². The summed E-state index contributed by atoms with van der Waals surface area (Å²) in [7, 11) is 0. The van der Waals surface area contributed by atoms with Crippen LogP contribution in [0.3, 0.4) is 0 Å². The minimum Gasteiger partial charge on any atom is -0.459 e. The zero-order valence-electron chi connectivity index (χ0n) is 18.1. The molecule has 1 atom stereocenters. The number of hydrogen-bond acceptors (Lipinski definition) is 2. The molecule has 0 aliphatic rings. The van der Waals surface area contributed by atoms with Crippen molar-refractivity contribution in [2.24, 2.45) is 0 Å². The SMILES string of the molecule is C=C(CCCCCCCCCCCCC)C(=O)OC(C)CCCCCC. The number of carbonyl (C=O) groups is 1. The van der Waals surface area contributed by atoms with E-state index in [1.807, 2.05) is 6.92 Å². The zero-order chi connectivity index (χ0) is 19.5. The molecule has 154 valence electrons. The standard InChI is InChI=1S/C24H46O2/c1-5-7-9-11-12-13-14-15-16-17-18-20-22(3)24(25)26-23(4)21-19-10-8-6-2/h23H,3,5-21H2,1-2,4H3. The van der Waals surface area contributed by atoms with E-state index in [9.17, 15) is 4.79 Å². The summed E-state index contributed by atoms with van der Waals surface area (Å²) in [6.45, 7) is 10.4. The van der Waals surface area contributed by atoms with Crippen molar-refractivity contribution >= 4 is 5.97 Å². The lowest BCUT2D eigenvalue weighted by molar-refractivity contribution is -0.143. The Morgan fingerprint density at radius 2 is 1.15 bits per heavy atom. The van der Waals surface area contributed by atoms with Crippen molar-refractivity contribution < 1.29 is 9.53 Å². The number of carbonyl (C=O) groups excluding carboxylic acids is 1. The first-order valence-electron chi connectivity index (χ1n) is 11.5. The molecular formula is C24H46O2. The van der Waals surface area contributed by atoms with E-state index in [0.717, 1.165) is 25.7 Å². The van der Waals surface area contributed by atoms with Crippen molar-refractivity contribution in [2.75, 3.05) is 0 Å². The van der Waals surface area contributed by atoms with Crippen LogP contribution in [0.15, 0.2) is 12.2 Å². The van der Waals surface area contributed by atoms with E-state index in [2.05, 4.69) is 20.4 Å². The number of hydrogen-bond donors (Lipinski definition) is 0. The van der Waals surface area contributed by atoms with Gasteiger partial charge in [-0.1, -0.05) is 104 Å². The molecule has 0 saturated heterocycles. The van der Waals surface area contributed by atoms with Crippen molar-refractivity contribution in [3.05, 3.63) is 12.2 Å². The Bertz CT molecular complexity index is 335. The maximum absolute atomic E-state index is 12.0. The fraction of sp³-hybridized carbons (Fsp3) is 0.875. The maximum Gasteiger partial charge on any atom is 0.333 e. The van der Waals surface area contributed by atoms with Gasteiger partial charge in [0.15, 0.2) is 0 Å². The van der Waals surface area contributed by atoms with Crippen molar-refractivity contribution in [3.8, 4) is 0 Å². The Kier molecular flexibility index (Phi) is 18.4. The van der Waals surface area contributed by atoms with Gasteiger partial charge in [-0.3, -0.25) is 0 Å². The molecule has 0 radical (unpaired) electrons. The van der Waals surface area contributed by atoms with Crippen LogP contribution in [0, 0.1) is 0 Å². The first kappa shape index (κ1) is 25.2. The quantitative estimate of drug-likeness (QED) is 0.131. The van der Waals surface area contributed by atoms with Gasteiger partial charge in [0.1, 0.15) is 0 Å². The molecule has 0 saturated carbocycles. The summed E-state index contributed by atoms with van der Waals surface area (Å²) in [6, 6.07) is 0. The lowest BCUT2D eigenvalue weighted by Gasteiger charge is -2.14. The largest absolute Gasteiger partial charge is 0.459 e. The van der Waals surface area contributed by atoms with E-state index in [-0.39, 0.29) is 12.1 Å². The third-order valence-corrected chi connectivity index (χ3v) is 5.14. The number of unbranched alkanes of at least 4 members (excludes halogenated alkanes) is 13. The zero-order valence-corrected chi connectivity index (χ0v) is 18.1. The smallest absolute Gasteiger partial charge is 0.333 e. The van der Waals surface area contributed by atoms with Crippen molar-refractivity contribution in [2.45, 2.75) is 136 Å². The average molecular weight is 367 g/mol. The minimum atomic E-state index is -0.180. The maximum atomic E-state index is 12.0. The summed E-state index contributed by atoms with van der Waals surface area (Å²) in [4.78, 5) is 12.0. The summed E-state index contributed by atoms with van der Waals surface area (Å²) in [5.41, 5.74) is 0.654. The van der Waals surface area contributed by atoms with Gasteiger partial charge in [-0.25, -0.2) is 4.79 Å². The molecule has 2 heteroatoms. The third kappa shape index (κ3) is 16.7. The van der Waals surface area contributed by atoms with Crippen molar-refractivity contribution in [1.82, 2.24) is 0 Å². The molecule has 0 aromatic rings. The fourth-order valence-electron chi connectivity index (χ4n) is 3.29. The second-order valence-electron chi connectivity index (χ2n) is 7.95. The van der Waals surface area contributed by atoms with Crippen LogP contribution in [-0.2, 0) is 9.53 Å². The highest BCUT2D eigenvalue weighted by molar-refractivity contribution is 5.87. The molecule has 0 spiro atoms. The monoisotopic (exact) mass is 366 g/mol. The van der Waals surface area contributed by atoms with Crippen LogP contribution in [0.5, 0.6) is 0 Å². The van der Waals surface area contributed by atoms with Gasteiger partial charge in [0.05, 0.1) is 6.10 Å². The lowest BCUT2D eigenvalue weighted by atomic mass is 10.0. The van der Waals surface area contributed by atoms with Gasteiger partial charge in [-0.15, -0.1) is 0 Å². The van der Waals surface area contributed by atoms with Crippen LogP contribution < -0.4 is 0 Å². The van der Waals surface area contributed by atoms with Crippen molar-refractivity contribution in [1.29, 1.82) is 0 Å². The molecular weight excluding hydrogens is 320 g/mol. The Labute approximate surface area is 164 Å². The molecule has 0 aliphatic carbocycles. The van der Waals surface area contributed by atoms with Crippen LogP contribution in [0.4, 0.5) is 0 Å². The Balaban J connectivity index is 3.47. The lowest BCUT2D eigenvalue weighted by Crippen LogP contribution is -2.16. The normalized spacial score (nSPS) is 12.1. The number of esters is 1. The van der Waals surface area contributed by atoms with Crippen LogP contribution in [0.1, 0.15) is 130 Å². The first-order valence-corrected chi connectivity index (χ1v) is 11.5. The molecule has 0 bridgehead atoms. The highest BCUT2D eigenvalue weighted by atomic mass is 16.5. The highest BCUT2D eigenvalue weighted by Gasteiger charge is 2.12. The third-order valence-electron chi connectivity index (χ3n) is 5.14. The van der Waals surface area contributed by atoms with E-state index in [1.165, 1.54) is 83.5 Å². The predicted octanol–water partition coefficient (Wildman–Crippen LogP) is 8.15. The van der Waals surface area contributed by atoms with Crippen LogP contribution in [-0.4, -0.2) is 12.1 Å². The molecule has 1 unspecified atom stereocenters. The molecule has 0 aromatic heterocycles. The van der Waals surface area contributed by atoms with Gasteiger partial charge in [0.2, 0.25) is 0 Å². The molecule has 0 aromatic carbocycles. The summed E-state index contributed by atoms with van der Waals surface area (Å²) in [5.74, 6) is -0.180. The topological polar surface area (TPSA) is 26.3 Å². The Hall–Kier alpha value is -0.790. The number of rotatable bonds is 19. The summed E-state index contributed by atoms with van der Waals surface area (Å²) >= 11 is 0. The molecule has 0 heterocycles. The summed E-state index contributed by atoms with van der Waals surface area (Å²) in [6.07, 6.45) is 21.3. The molecule has 26 heavy (non-hydrogen) atoms. The molecule has 0 fully saturated rings. The van der Waals surface area contributed by atoms with Gasteiger partial charge in [-0.05, 0) is 32.6 Å². The van der Waals surface area contributed by atoms with E-state index >= 15 is 0 Å². The Morgan fingerprint density at radius 3 is 1.65 bits per heavy atom. The Morgan fingerprint density at radius 1 is 0.731 bits per heavy atom. The summed E-state index contributed by atoms with van der Waals surface area (Å²) < 4.78 is 5.50. The predicted molar refractivity (Wildman–Crippen MR) is 115 cm³/mol. The molecule has 0 rings (SSSR count). The van der Waals surface area contributed by atoms with E-state index in [0.29, 0.717) is 5.57 Å². The first-order chi connectivity index (χ1) is 12.6. The van der Waals surface area contributed by atoms with Gasteiger partial charge >= 0.3 is 5.97 Å². The highest BCUT2D eigenvalue weighted by Crippen LogP contribution is 2.15. The number of ether oxygens (including phenoxy) is 1. The molecule has 2 nitrogen and oxygen atoms in total. The molecule has 0 amide bonds. The summed E-state index contributed by atoms with van der Waals surface area (Å²) in [5, 5.41) is 0.